The van der Waals surface area contributed by atoms with Gasteiger partial charge in [-0.05, 0) is 25.8 Å². The zero-order valence-electron chi connectivity index (χ0n) is 13.0. The number of nitrogens with zero attached hydrogens (tertiary/aromatic N) is 3. The Morgan fingerprint density at radius 3 is 2.67 bits per heavy atom. The van der Waals surface area contributed by atoms with Gasteiger partial charge in [-0.2, -0.15) is 5.10 Å². The van der Waals surface area contributed by atoms with Crippen LogP contribution in [0.2, 0.25) is 0 Å². The van der Waals surface area contributed by atoms with Gasteiger partial charge in [0.1, 0.15) is 0 Å². The van der Waals surface area contributed by atoms with Gasteiger partial charge in [-0.25, -0.2) is 9.67 Å². The van der Waals surface area contributed by atoms with Gasteiger partial charge in [0.15, 0.2) is 5.65 Å². The highest BCUT2D eigenvalue weighted by molar-refractivity contribution is 5.92. The number of nitrogens with two attached hydrogens (primary N) is 1. The number of anilines is 1. The summed E-state index contributed by atoms with van der Waals surface area (Å²) < 4.78 is 1.86. The number of hydrogen-bond acceptors (Lipinski definition) is 4. The number of nitrogens with one attached hydrogen (secondary N) is 1. The fraction of sp³-hybridized carbons (Fsp3) is 0.533. The third-order valence-electron chi connectivity index (χ3n) is 3.48. The Morgan fingerprint density at radius 2 is 2.05 bits per heavy atom. The van der Waals surface area contributed by atoms with E-state index in [0.717, 1.165) is 11.0 Å². The van der Waals surface area contributed by atoms with E-state index < -0.39 is 0 Å². The van der Waals surface area contributed by atoms with Crippen molar-refractivity contribution in [3.63, 3.8) is 0 Å². The first-order valence-corrected chi connectivity index (χ1v) is 7.27. The second kappa shape index (κ2) is 6.22. The average molecular weight is 289 g/mol. The van der Waals surface area contributed by atoms with Crippen LogP contribution in [0.3, 0.4) is 0 Å². The fourth-order valence-electron chi connectivity index (χ4n) is 2.05. The monoisotopic (exact) mass is 289 g/mol. The molecule has 0 fully saturated rings. The predicted octanol–water partition coefficient (Wildman–Crippen LogP) is 2.32. The third kappa shape index (κ3) is 3.58. The van der Waals surface area contributed by atoms with Crippen LogP contribution in [0.1, 0.15) is 40.2 Å². The van der Waals surface area contributed by atoms with Crippen molar-refractivity contribution in [2.24, 2.45) is 11.7 Å². The highest BCUT2D eigenvalue weighted by Gasteiger charge is 2.14. The van der Waals surface area contributed by atoms with Crippen molar-refractivity contribution in [2.75, 3.05) is 5.32 Å². The molecule has 0 aromatic carbocycles. The summed E-state index contributed by atoms with van der Waals surface area (Å²) in [4.78, 5) is 16.3. The maximum atomic E-state index is 11.9. The topological polar surface area (TPSA) is 85.8 Å². The van der Waals surface area contributed by atoms with E-state index in [4.69, 9.17) is 5.73 Å². The highest BCUT2D eigenvalue weighted by Crippen LogP contribution is 2.19. The van der Waals surface area contributed by atoms with E-state index >= 15 is 0 Å². The predicted molar refractivity (Wildman–Crippen MR) is 84.0 cm³/mol. The molecule has 0 radical (unpaired) electrons. The molecule has 1 amide bonds. The Kier molecular flexibility index (Phi) is 4.57. The summed E-state index contributed by atoms with van der Waals surface area (Å²) >= 11 is 0. The summed E-state index contributed by atoms with van der Waals surface area (Å²) in [6.07, 6.45) is 3.72. The standard InChI is InChI=1S/C15H23N5O/c1-9(2)13(16)6-14(21)19-12-5-11-7-18-20(10(3)4)15(11)17-8-12/h5,7-10,13H,6,16H2,1-4H3,(H,19,21). The van der Waals surface area contributed by atoms with Gasteiger partial charge >= 0.3 is 0 Å². The van der Waals surface area contributed by atoms with E-state index in [1.54, 1.807) is 12.4 Å². The van der Waals surface area contributed by atoms with Crippen LogP contribution in [-0.2, 0) is 4.79 Å². The van der Waals surface area contributed by atoms with E-state index in [2.05, 4.69) is 29.2 Å². The second-order valence-electron chi connectivity index (χ2n) is 5.98. The number of carbonyl (C=O) groups excluding carboxylic acids is 1. The van der Waals surface area contributed by atoms with Crippen molar-refractivity contribution in [3.05, 3.63) is 18.5 Å². The van der Waals surface area contributed by atoms with Crippen LogP contribution in [0.5, 0.6) is 0 Å². The second-order valence-corrected chi connectivity index (χ2v) is 5.98. The number of hydrogen-bond donors (Lipinski definition) is 2. The molecule has 2 heterocycles. The summed E-state index contributed by atoms with van der Waals surface area (Å²) in [5.41, 5.74) is 7.40. The molecule has 0 aliphatic heterocycles. The lowest BCUT2D eigenvalue weighted by Gasteiger charge is -2.15. The van der Waals surface area contributed by atoms with Crippen LogP contribution in [0, 0.1) is 5.92 Å². The molecule has 2 aromatic rings. The smallest absolute Gasteiger partial charge is 0.225 e. The molecule has 0 bridgehead atoms. The summed E-state index contributed by atoms with van der Waals surface area (Å²) in [5, 5.41) is 8.06. The highest BCUT2D eigenvalue weighted by atomic mass is 16.1. The molecule has 21 heavy (non-hydrogen) atoms. The van der Waals surface area contributed by atoms with E-state index in [1.807, 2.05) is 24.6 Å². The number of aromatic nitrogens is 3. The molecule has 2 rings (SSSR count). The molecule has 0 aliphatic rings. The van der Waals surface area contributed by atoms with Crippen LogP contribution in [0.25, 0.3) is 11.0 Å². The van der Waals surface area contributed by atoms with Gasteiger partial charge in [-0.15, -0.1) is 0 Å². The van der Waals surface area contributed by atoms with Gasteiger partial charge in [0.05, 0.1) is 18.1 Å². The van der Waals surface area contributed by atoms with Crippen molar-refractivity contribution in [2.45, 2.75) is 46.2 Å². The first kappa shape index (κ1) is 15.4. The summed E-state index contributed by atoms with van der Waals surface area (Å²) in [6.45, 7) is 8.12. The van der Waals surface area contributed by atoms with Crippen molar-refractivity contribution in [1.29, 1.82) is 0 Å². The molecule has 1 atom stereocenters. The summed E-state index contributed by atoms with van der Waals surface area (Å²) in [5.74, 6) is 0.189. The molecule has 6 nitrogen and oxygen atoms in total. The molecule has 0 saturated heterocycles. The van der Waals surface area contributed by atoms with E-state index in [0.29, 0.717) is 12.1 Å². The average Bonchev–Trinajstić information content (AvgIpc) is 2.81. The molecular formula is C15H23N5O. The summed E-state index contributed by atoms with van der Waals surface area (Å²) in [7, 11) is 0. The number of fused-ring (bicyclic) bond motifs is 1. The van der Waals surface area contributed by atoms with Gasteiger partial charge < -0.3 is 11.1 Å². The molecule has 3 N–H and O–H groups in total. The Balaban J connectivity index is 2.11. The Morgan fingerprint density at radius 1 is 1.33 bits per heavy atom. The summed E-state index contributed by atoms with van der Waals surface area (Å²) in [6, 6.07) is 2.00. The number of carbonyl (C=O) groups is 1. The van der Waals surface area contributed by atoms with Gasteiger partial charge in [-0.3, -0.25) is 4.79 Å². The van der Waals surface area contributed by atoms with E-state index in [9.17, 15) is 4.79 Å². The molecule has 0 spiro atoms. The van der Waals surface area contributed by atoms with Gasteiger partial charge in [0.25, 0.3) is 0 Å². The lowest BCUT2D eigenvalue weighted by molar-refractivity contribution is -0.116. The minimum Gasteiger partial charge on any atom is -0.327 e. The first-order chi connectivity index (χ1) is 9.88. The van der Waals surface area contributed by atoms with Crippen molar-refractivity contribution < 1.29 is 4.79 Å². The fourth-order valence-corrected chi connectivity index (χ4v) is 2.05. The van der Waals surface area contributed by atoms with Crippen LogP contribution < -0.4 is 11.1 Å². The van der Waals surface area contributed by atoms with E-state index in [1.165, 1.54) is 0 Å². The lowest BCUT2D eigenvalue weighted by atomic mass is 10.0. The molecule has 2 aromatic heterocycles. The minimum atomic E-state index is -0.134. The Hall–Kier alpha value is -1.95. The van der Waals surface area contributed by atoms with Crippen LogP contribution in [0.4, 0.5) is 5.69 Å². The molecule has 6 heteroatoms. The van der Waals surface area contributed by atoms with Gasteiger partial charge in [0, 0.05) is 23.9 Å². The maximum Gasteiger partial charge on any atom is 0.225 e. The van der Waals surface area contributed by atoms with Gasteiger partial charge in [0.2, 0.25) is 5.91 Å². The lowest BCUT2D eigenvalue weighted by Crippen LogP contribution is -2.31. The number of pyridine rings is 1. The maximum absolute atomic E-state index is 11.9. The quantitative estimate of drug-likeness (QED) is 0.884. The third-order valence-corrected chi connectivity index (χ3v) is 3.48. The molecule has 1 unspecified atom stereocenters. The first-order valence-electron chi connectivity index (χ1n) is 7.27. The Labute approximate surface area is 124 Å². The SMILES string of the molecule is CC(C)C(N)CC(=O)Nc1cnc2c(cnn2C(C)C)c1. The molecular weight excluding hydrogens is 266 g/mol. The van der Waals surface area contributed by atoms with Crippen LogP contribution in [0.15, 0.2) is 18.5 Å². The largest absolute Gasteiger partial charge is 0.327 e. The molecule has 114 valence electrons. The van der Waals surface area contributed by atoms with Crippen molar-refractivity contribution >= 4 is 22.6 Å². The zero-order chi connectivity index (χ0) is 15.6. The van der Waals surface area contributed by atoms with Crippen molar-refractivity contribution in [1.82, 2.24) is 14.8 Å². The zero-order valence-corrected chi connectivity index (χ0v) is 13.0. The Bertz CT molecular complexity index is 632. The van der Waals surface area contributed by atoms with Crippen molar-refractivity contribution in [3.8, 4) is 0 Å². The molecule has 0 saturated carbocycles. The normalized spacial score (nSPS) is 13.1. The van der Waals surface area contributed by atoms with E-state index in [-0.39, 0.29) is 23.9 Å². The number of rotatable bonds is 5. The van der Waals surface area contributed by atoms with Gasteiger partial charge in [-0.1, -0.05) is 13.8 Å². The van der Waals surface area contributed by atoms with Crippen LogP contribution in [-0.4, -0.2) is 26.7 Å². The van der Waals surface area contributed by atoms with Crippen LogP contribution >= 0.6 is 0 Å². The number of amides is 1. The minimum absolute atomic E-state index is 0.0893. The molecule has 0 aliphatic carbocycles.